The van der Waals surface area contributed by atoms with Crippen molar-refractivity contribution in [3.05, 3.63) is 48.5 Å². The Balaban J connectivity index is 1.70. The number of thiazole rings is 1. The molecular weight excluding hydrogens is 396 g/mol. The summed E-state index contributed by atoms with van der Waals surface area (Å²) in [6, 6.07) is 13.1. The van der Waals surface area contributed by atoms with Crippen LogP contribution in [-0.2, 0) is 10.0 Å². The Morgan fingerprint density at radius 3 is 2.61 bits per heavy atom. The second-order valence-corrected chi connectivity index (χ2v) is 9.40. The fraction of sp³-hybridized carbons (Fsp3) is 0.263. The number of anilines is 2. The highest BCUT2D eigenvalue weighted by Gasteiger charge is 2.16. The van der Waals surface area contributed by atoms with Crippen molar-refractivity contribution in [2.45, 2.75) is 25.2 Å². The van der Waals surface area contributed by atoms with Crippen molar-refractivity contribution >= 4 is 48.4 Å². The number of carbonyl (C=O) groups is 1. The first-order chi connectivity index (χ1) is 13.3. The molecule has 2 amide bonds. The number of sulfonamides is 1. The maximum absolute atomic E-state index is 12.4. The molecule has 28 heavy (non-hydrogen) atoms. The summed E-state index contributed by atoms with van der Waals surface area (Å²) in [6.45, 7) is 4.80. The first-order valence-electron chi connectivity index (χ1n) is 8.87. The molecule has 0 fully saturated rings. The average molecular weight is 419 g/mol. The van der Waals surface area contributed by atoms with Crippen LogP contribution < -0.4 is 15.4 Å². The molecule has 3 N–H and O–H groups in total. The van der Waals surface area contributed by atoms with Gasteiger partial charge in [-0.05, 0) is 42.7 Å². The van der Waals surface area contributed by atoms with Gasteiger partial charge in [0.05, 0.1) is 15.1 Å². The molecule has 0 spiro atoms. The monoisotopic (exact) mass is 418 g/mol. The summed E-state index contributed by atoms with van der Waals surface area (Å²) in [7, 11) is -3.69. The van der Waals surface area contributed by atoms with Gasteiger partial charge in [0.15, 0.2) is 5.13 Å². The largest absolute Gasteiger partial charge is 0.338 e. The third-order valence-corrected chi connectivity index (χ3v) is 6.36. The van der Waals surface area contributed by atoms with Gasteiger partial charge in [0.1, 0.15) is 0 Å². The fourth-order valence-electron chi connectivity index (χ4n) is 2.47. The predicted octanol–water partition coefficient (Wildman–Crippen LogP) is 4.26. The number of amides is 2. The van der Waals surface area contributed by atoms with E-state index in [1.807, 2.05) is 0 Å². The molecule has 0 radical (unpaired) electrons. The molecule has 1 heterocycles. The van der Waals surface area contributed by atoms with Gasteiger partial charge in [-0.3, -0.25) is 4.72 Å². The maximum Gasteiger partial charge on any atom is 0.319 e. The number of carbonyl (C=O) groups excluding carboxylic acids is 1. The molecule has 0 aliphatic carbocycles. The molecule has 0 unspecified atom stereocenters. The number of fused-ring (bicyclic) bond motifs is 1. The number of rotatable bonds is 7. The quantitative estimate of drug-likeness (QED) is 0.533. The van der Waals surface area contributed by atoms with Crippen molar-refractivity contribution in [2.75, 3.05) is 16.6 Å². The summed E-state index contributed by atoms with van der Waals surface area (Å²) < 4.78 is 28.2. The van der Waals surface area contributed by atoms with Gasteiger partial charge in [-0.2, -0.15) is 0 Å². The van der Waals surface area contributed by atoms with Crippen LogP contribution in [0.1, 0.15) is 20.3 Å². The molecule has 0 saturated carbocycles. The van der Waals surface area contributed by atoms with E-state index < -0.39 is 10.0 Å². The van der Waals surface area contributed by atoms with Crippen molar-refractivity contribution in [3.8, 4) is 0 Å². The summed E-state index contributed by atoms with van der Waals surface area (Å²) >= 11 is 1.23. The molecule has 9 heteroatoms. The number of nitrogens with zero attached hydrogens (tertiary/aromatic N) is 1. The third kappa shape index (κ3) is 5.20. The van der Waals surface area contributed by atoms with Crippen LogP contribution in [0.3, 0.4) is 0 Å². The lowest BCUT2D eigenvalue weighted by molar-refractivity contribution is 0.251. The van der Waals surface area contributed by atoms with Gasteiger partial charge < -0.3 is 10.6 Å². The Morgan fingerprint density at radius 1 is 1.14 bits per heavy atom. The molecule has 7 nitrogen and oxygen atoms in total. The van der Waals surface area contributed by atoms with Crippen LogP contribution in [0.2, 0.25) is 0 Å². The fourth-order valence-corrected chi connectivity index (χ4v) is 4.57. The number of nitrogens with one attached hydrogen (secondary N) is 3. The van der Waals surface area contributed by atoms with Gasteiger partial charge in [-0.25, -0.2) is 18.2 Å². The average Bonchev–Trinajstić information content (AvgIpc) is 3.02. The molecule has 0 aliphatic rings. The zero-order valence-electron chi connectivity index (χ0n) is 15.6. The van der Waals surface area contributed by atoms with Gasteiger partial charge in [-0.1, -0.05) is 43.4 Å². The lowest BCUT2D eigenvalue weighted by Gasteiger charge is -2.08. The highest BCUT2D eigenvalue weighted by Crippen LogP contribution is 2.29. The number of hydrogen-bond acceptors (Lipinski definition) is 5. The molecule has 2 aromatic carbocycles. The van der Waals surface area contributed by atoms with Crippen molar-refractivity contribution in [3.63, 3.8) is 0 Å². The van der Waals surface area contributed by atoms with E-state index in [1.165, 1.54) is 23.5 Å². The predicted molar refractivity (Wildman–Crippen MR) is 113 cm³/mol. The van der Waals surface area contributed by atoms with Crippen LogP contribution in [0.25, 0.3) is 10.2 Å². The first-order valence-corrected chi connectivity index (χ1v) is 11.2. The minimum absolute atomic E-state index is 0.176. The lowest BCUT2D eigenvalue weighted by Crippen LogP contribution is -2.30. The SMILES string of the molecule is CC(C)CCNC(=O)Nc1ccc2sc(NS(=O)(=O)c3ccccc3)nc2c1. The topological polar surface area (TPSA) is 100 Å². The second kappa shape index (κ2) is 8.57. The second-order valence-electron chi connectivity index (χ2n) is 6.68. The summed E-state index contributed by atoms with van der Waals surface area (Å²) in [4.78, 5) is 16.5. The molecule has 0 bridgehead atoms. The smallest absolute Gasteiger partial charge is 0.319 e. The molecular formula is C19H22N4O3S2. The molecule has 0 atom stereocenters. The van der Waals surface area contributed by atoms with Crippen LogP contribution in [0.15, 0.2) is 53.4 Å². The van der Waals surface area contributed by atoms with Crippen LogP contribution >= 0.6 is 11.3 Å². The van der Waals surface area contributed by atoms with E-state index in [4.69, 9.17) is 0 Å². The van der Waals surface area contributed by atoms with Crippen molar-refractivity contribution in [1.82, 2.24) is 10.3 Å². The highest BCUT2D eigenvalue weighted by atomic mass is 32.2. The molecule has 3 aromatic rings. The van der Waals surface area contributed by atoms with Gasteiger partial charge in [-0.15, -0.1) is 0 Å². The zero-order valence-corrected chi connectivity index (χ0v) is 17.2. The number of urea groups is 1. The van der Waals surface area contributed by atoms with Gasteiger partial charge in [0.25, 0.3) is 10.0 Å². The number of aromatic nitrogens is 1. The number of hydrogen-bond donors (Lipinski definition) is 3. The van der Waals surface area contributed by atoms with Crippen LogP contribution in [-0.4, -0.2) is 26.0 Å². The number of benzene rings is 2. The highest BCUT2D eigenvalue weighted by molar-refractivity contribution is 7.93. The van der Waals surface area contributed by atoms with Crippen LogP contribution in [0.4, 0.5) is 15.6 Å². The Hall–Kier alpha value is -2.65. The summed E-state index contributed by atoms with van der Waals surface area (Å²) in [5.41, 5.74) is 1.20. The normalized spacial score (nSPS) is 11.5. The van der Waals surface area contributed by atoms with Crippen LogP contribution in [0, 0.1) is 5.92 Å². The van der Waals surface area contributed by atoms with Gasteiger partial charge in [0.2, 0.25) is 0 Å². The first kappa shape index (κ1) is 20.1. The molecule has 1 aromatic heterocycles. The Morgan fingerprint density at radius 2 is 1.89 bits per heavy atom. The van der Waals surface area contributed by atoms with E-state index in [0.717, 1.165) is 11.1 Å². The Labute approximate surface area is 168 Å². The van der Waals surface area contributed by atoms with E-state index in [2.05, 4.69) is 34.2 Å². The minimum atomic E-state index is -3.69. The van der Waals surface area contributed by atoms with E-state index in [-0.39, 0.29) is 16.1 Å². The molecule has 148 valence electrons. The van der Waals surface area contributed by atoms with Crippen molar-refractivity contribution in [2.24, 2.45) is 5.92 Å². The summed E-state index contributed by atoms with van der Waals surface area (Å²) in [5, 5.41) is 5.85. The van der Waals surface area contributed by atoms with Gasteiger partial charge in [0, 0.05) is 12.2 Å². The van der Waals surface area contributed by atoms with E-state index >= 15 is 0 Å². The molecule has 0 aliphatic heterocycles. The van der Waals surface area contributed by atoms with Crippen molar-refractivity contribution < 1.29 is 13.2 Å². The third-order valence-electron chi connectivity index (χ3n) is 3.93. The Kier molecular flexibility index (Phi) is 6.15. The summed E-state index contributed by atoms with van der Waals surface area (Å²) in [6.07, 6.45) is 0.906. The Bertz CT molecular complexity index is 1060. The lowest BCUT2D eigenvalue weighted by atomic mass is 10.1. The zero-order chi connectivity index (χ0) is 20.1. The maximum atomic E-state index is 12.4. The van der Waals surface area contributed by atoms with Gasteiger partial charge >= 0.3 is 6.03 Å². The van der Waals surface area contributed by atoms with E-state index in [1.54, 1.807) is 36.4 Å². The molecule has 0 saturated heterocycles. The molecule has 3 rings (SSSR count). The minimum Gasteiger partial charge on any atom is -0.338 e. The summed E-state index contributed by atoms with van der Waals surface area (Å²) in [5.74, 6) is 0.518. The van der Waals surface area contributed by atoms with Crippen molar-refractivity contribution in [1.29, 1.82) is 0 Å². The standard InChI is InChI=1S/C19H22N4O3S2/c1-13(2)10-11-20-18(24)21-14-8-9-17-16(12-14)22-19(27-17)23-28(25,26)15-6-4-3-5-7-15/h3-9,12-13H,10-11H2,1-2H3,(H,22,23)(H2,20,21,24). The van der Waals surface area contributed by atoms with E-state index in [9.17, 15) is 13.2 Å². The van der Waals surface area contributed by atoms with E-state index in [0.29, 0.717) is 23.7 Å². The van der Waals surface area contributed by atoms with Crippen LogP contribution in [0.5, 0.6) is 0 Å².